The highest BCUT2D eigenvalue weighted by Gasteiger charge is 2.44. The topological polar surface area (TPSA) is 58.1 Å². The standard InChI is InChI=1S/C22H29N3O2/c26-21-22(27)25(20-10-6-5-9-19(20)23-21)18-13-16-11-12-17(14-18)24(16)15-7-3-1-2-4-8-15/h5-6,9-10,15-18H,1-4,7-8,11-14H2,(H,23,26)/t16-,17+,18+. The molecular weight excluding hydrogens is 338 g/mol. The van der Waals surface area contributed by atoms with Crippen LogP contribution in [0.3, 0.4) is 0 Å². The molecule has 3 aliphatic rings. The molecule has 1 aromatic carbocycles. The van der Waals surface area contributed by atoms with Gasteiger partial charge in [-0.05, 0) is 50.7 Å². The van der Waals surface area contributed by atoms with Crippen molar-refractivity contribution in [2.75, 3.05) is 0 Å². The van der Waals surface area contributed by atoms with Gasteiger partial charge in [0.15, 0.2) is 0 Å². The SMILES string of the molecule is O=c1[nH]c2ccccc2n([C@H]2C[C@H]3CC[C@@H](C2)N3C2CCCCCC2)c1=O. The van der Waals surface area contributed by atoms with Crippen LogP contribution in [-0.4, -0.2) is 32.6 Å². The molecule has 3 heterocycles. The minimum atomic E-state index is -0.493. The number of H-pyrrole nitrogens is 1. The van der Waals surface area contributed by atoms with Gasteiger partial charge < -0.3 is 4.98 Å². The van der Waals surface area contributed by atoms with E-state index in [2.05, 4.69) is 9.88 Å². The Hall–Kier alpha value is -1.88. The van der Waals surface area contributed by atoms with Crippen LogP contribution in [0.25, 0.3) is 11.0 Å². The molecule has 0 amide bonds. The lowest BCUT2D eigenvalue weighted by atomic mass is 9.92. The van der Waals surface area contributed by atoms with E-state index in [0.29, 0.717) is 12.1 Å². The number of aromatic amines is 1. The summed E-state index contributed by atoms with van der Waals surface area (Å²) in [6.45, 7) is 0. The first-order chi connectivity index (χ1) is 13.2. The lowest BCUT2D eigenvalue weighted by molar-refractivity contribution is 0.0549. The monoisotopic (exact) mass is 367 g/mol. The third-order valence-corrected chi connectivity index (χ3v) is 7.20. The molecule has 2 saturated heterocycles. The molecule has 0 unspecified atom stereocenters. The summed E-state index contributed by atoms with van der Waals surface area (Å²) in [5.74, 6) is 0. The number of aromatic nitrogens is 2. The van der Waals surface area contributed by atoms with Crippen LogP contribution in [-0.2, 0) is 0 Å². The fourth-order valence-electron chi connectivity index (χ4n) is 6.09. The first-order valence-corrected chi connectivity index (χ1v) is 10.7. The largest absolute Gasteiger partial charge is 0.316 e. The quantitative estimate of drug-likeness (QED) is 0.652. The van der Waals surface area contributed by atoms with E-state index in [1.165, 1.54) is 51.4 Å². The van der Waals surface area contributed by atoms with Crippen molar-refractivity contribution in [1.82, 2.24) is 14.5 Å². The number of nitrogens with zero attached hydrogens (tertiary/aromatic N) is 2. The number of para-hydroxylation sites is 2. The average molecular weight is 367 g/mol. The van der Waals surface area contributed by atoms with Gasteiger partial charge in [0, 0.05) is 24.2 Å². The first kappa shape index (κ1) is 17.2. The Balaban J connectivity index is 1.48. The Morgan fingerprint density at radius 1 is 0.778 bits per heavy atom. The zero-order valence-electron chi connectivity index (χ0n) is 15.9. The Labute approximate surface area is 159 Å². The van der Waals surface area contributed by atoms with Gasteiger partial charge in [-0.2, -0.15) is 0 Å². The molecule has 1 aliphatic carbocycles. The van der Waals surface area contributed by atoms with Crippen LogP contribution in [0.2, 0.25) is 0 Å². The number of hydrogen-bond acceptors (Lipinski definition) is 3. The maximum Gasteiger partial charge on any atom is 0.316 e. The smallest absolute Gasteiger partial charge is 0.316 e. The molecule has 1 N–H and O–H groups in total. The fourth-order valence-corrected chi connectivity index (χ4v) is 6.09. The summed E-state index contributed by atoms with van der Waals surface area (Å²) >= 11 is 0. The van der Waals surface area contributed by atoms with Crippen LogP contribution in [0.5, 0.6) is 0 Å². The zero-order chi connectivity index (χ0) is 18.4. The lowest BCUT2D eigenvalue weighted by Gasteiger charge is -2.44. The second kappa shape index (κ2) is 6.93. The van der Waals surface area contributed by atoms with Crippen molar-refractivity contribution in [2.45, 2.75) is 88.4 Å². The van der Waals surface area contributed by atoms with E-state index >= 15 is 0 Å². The van der Waals surface area contributed by atoms with Gasteiger partial charge >= 0.3 is 11.1 Å². The van der Waals surface area contributed by atoms with Crippen molar-refractivity contribution in [2.24, 2.45) is 0 Å². The molecule has 2 aromatic rings. The molecule has 0 radical (unpaired) electrons. The molecular formula is C22H29N3O2. The molecule has 0 spiro atoms. The summed E-state index contributed by atoms with van der Waals surface area (Å²) in [7, 11) is 0. The first-order valence-electron chi connectivity index (χ1n) is 10.7. The van der Waals surface area contributed by atoms with E-state index < -0.39 is 5.56 Å². The normalized spacial score (nSPS) is 29.9. The van der Waals surface area contributed by atoms with E-state index in [0.717, 1.165) is 29.9 Å². The highest BCUT2D eigenvalue weighted by molar-refractivity contribution is 5.74. The van der Waals surface area contributed by atoms with Crippen LogP contribution >= 0.6 is 0 Å². The van der Waals surface area contributed by atoms with E-state index in [9.17, 15) is 9.59 Å². The van der Waals surface area contributed by atoms with Gasteiger partial charge in [0.1, 0.15) is 0 Å². The van der Waals surface area contributed by atoms with Crippen LogP contribution in [0.4, 0.5) is 0 Å². The Morgan fingerprint density at radius 2 is 1.44 bits per heavy atom. The number of benzene rings is 1. The van der Waals surface area contributed by atoms with Gasteiger partial charge in [-0.15, -0.1) is 0 Å². The maximum atomic E-state index is 12.7. The molecule has 5 rings (SSSR count). The third-order valence-electron chi connectivity index (χ3n) is 7.20. The third kappa shape index (κ3) is 2.96. The molecule has 5 nitrogen and oxygen atoms in total. The molecule has 2 bridgehead atoms. The van der Waals surface area contributed by atoms with Gasteiger partial charge in [0.05, 0.1) is 11.0 Å². The van der Waals surface area contributed by atoms with E-state index in [4.69, 9.17) is 0 Å². The van der Waals surface area contributed by atoms with Crippen molar-refractivity contribution in [3.05, 3.63) is 45.0 Å². The maximum absolute atomic E-state index is 12.7. The van der Waals surface area contributed by atoms with Crippen LogP contribution in [0, 0.1) is 0 Å². The molecule has 27 heavy (non-hydrogen) atoms. The van der Waals surface area contributed by atoms with Gasteiger partial charge in [-0.3, -0.25) is 19.1 Å². The number of hydrogen-bond donors (Lipinski definition) is 1. The number of fused-ring (bicyclic) bond motifs is 3. The van der Waals surface area contributed by atoms with Crippen LogP contribution in [0.15, 0.2) is 33.9 Å². The van der Waals surface area contributed by atoms with Gasteiger partial charge in [-0.1, -0.05) is 37.8 Å². The average Bonchev–Trinajstić information content (AvgIpc) is 2.87. The minimum absolute atomic E-state index is 0.143. The summed E-state index contributed by atoms with van der Waals surface area (Å²) in [4.78, 5) is 30.5. The Kier molecular flexibility index (Phi) is 4.43. The summed E-state index contributed by atoms with van der Waals surface area (Å²) in [5.41, 5.74) is 0.753. The second-order valence-electron chi connectivity index (χ2n) is 8.75. The summed E-state index contributed by atoms with van der Waals surface area (Å²) < 4.78 is 1.81. The van der Waals surface area contributed by atoms with E-state index in [1.807, 2.05) is 28.8 Å². The number of piperidine rings is 1. The van der Waals surface area contributed by atoms with Crippen molar-refractivity contribution >= 4 is 11.0 Å². The highest BCUT2D eigenvalue weighted by Crippen LogP contribution is 2.44. The minimum Gasteiger partial charge on any atom is -0.316 e. The van der Waals surface area contributed by atoms with Crippen LogP contribution in [0.1, 0.15) is 70.3 Å². The van der Waals surface area contributed by atoms with Crippen LogP contribution < -0.4 is 11.1 Å². The lowest BCUT2D eigenvalue weighted by Crippen LogP contribution is -2.51. The Bertz CT molecular complexity index is 924. The predicted molar refractivity (Wildman–Crippen MR) is 107 cm³/mol. The zero-order valence-corrected chi connectivity index (χ0v) is 15.9. The van der Waals surface area contributed by atoms with E-state index in [1.54, 1.807) is 0 Å². The molecule has 3 atom stereocenters. The van der Waals surface area contributed by atoms with Gasteiger partial charge in [0.25, 0.3) is 0 Å². The fraction of sp³-hybridized carbons (Fsp3) is 0.636. The van der Waals surface area contributed by atoms with Gasteiger partial charge in [-0.25, -0.2) is 0 Å². The van der Waals surface area contributed by atoms with Gasteiger partial charge in [0.2, 0.25) is 0 Å². The van der Waals surface area contributed by atoms with Crippen molar-refractivity contribution < 1.29 is 0 Å². The molecule has 2 aliphatic heterocycles. The molecule has 3 fully saturated rings. The molecule has 1 aromatic heterocycles. The molecule has 1 saturated carbocycles. The van der Waals surface area contributed by atoms with E-state index in [-0.39, 0.29) is 11.6 Å². The summed E-state index contributed by atoms with van der Waals surface area (Å²) in [6, 6.07) is 9.73. The highest BCUT2D eigenvalue weighted by atomic mass is 16.2. The number of nitrogens with one attached hydrogen (secondary N) is 1. The summed E-state index contributed by atoms with van der Waals surface area (Å²) in [5, 5.41) is 0. The Morgan fingerprint density at radius 3 is 2.15 bits per heavy atom. The number of rotatable bonds is 2. The summed E-state index contributed by atoms with van der Waals surface area (Å²) in [6.07, 6.45) is 12.7. The second-order valence-corrected chi connectivity index (χ2v) is 8.75. The van der Waals surface area contributed by atoms with Crippen molar-refractivity contribution in [3.8, 4) is 0 Å². The van der Waals surface area contributed by atoms with Crippen molar-refractivity contribution in [3.63, 3.8) is 0 Å². The molecule has 144 valence electrons. The molecule has 5 heteroatoms. The predicted octanol–water partition coefficient (Wildman–Crippen LogP) is 3.58. The van der Waals surface area contributed by atoms with Crippen molar-refractivity contribution in [1.29, 1.82) is 0 Å².